The average molecular weight is 259 g/mol. The lowest BCUT2D eigenvalue weighted by atomic mass is 9.89. The van der Waals surface area contributed by atoms with Gasteiger partial charge in [0, 0.05) is 10.9 Å². The molecule has 0 saturated heterocycles. The molecule has 1 aromatic carbocycles. The Morgan fingerprint density at radius 2 is 2.21 bits per heavy atom. The monoisotopic (exact) mass is 259 g/mol. The zero-order chi connectivity index (χ0) is 13.5. The van der Waals surface area contributed by atoms with Crippen LogP contribution in [0.25, 0.3) is 10.9 Å². The number of aryl methyl sites for hydroxylation is 1. The number of aliphatic hydroxyl groups is 1. The van der Waals surface area contributed by atoms with Gasteiger partial charge in [0.25, 0.3) is 0 Å². The molecule has 1 aromatic heterocycles. The second kappa shape index (κ2) is 4.66. The molecule has 2 aromatic rings. The van der Waals surface area contributed by atoms with Gasteiger partial charge in [0.2, 0.25) is 0 Å². The highest BCUT2D eigenvalue weighted by Gasteiger charge is 2.38. The Hall–Kier alpha value is -1.32. The molecule has 0 spiro atoms. The fraction of sp³-hybridized carbons (Fsp3) is 0.500. The molecular weight excluding hydrogens is 238 g/mol. The van der Waals surface area contributed by atoms with Crippen molar-refractivity contribution in [3.05, 3.63) is 35.0 Å². The van der Waals surface area contributed by atoms with E-state index in [1.54, 1.807) is 0 Å². The summed E-state index contributed by atoms with van der Waals surface area (Å²) >= 11 is 0. The van der Waals surface area contributed by atoms with E-state index in [0.717, 1.165) is 25.0 Å². The van der Waals surface area contributed by atoms with Gasteiger partial charge in [0.1, 0.15) is 5.60 Å². The largest absolute Gasteiger partial charge is 0.393 e. The second-order valence-corrected chi connectivity index (χ2v) is 5.28. The smallest absolute Gasteiger partial charge is 0.131 e. The molecule has 1 atom stereocenters. The summed E-state index contributed by atoms with van der Waals surface area (Å²) < 4.78 is 5.91. The maximum absolute atomic E-state index is 9.79. The number of nitrogens with one attached hydrogen (secondary N) is 1. The van der Waals surface area contributed by atoms with Crippen LogP contribution in [0.3, 0.4) is 0 Å². The summed E-state index contributed by atoms with van der Waals surface area (Å²) in [6.07, 6.45) is 2.71. The Morgan fingerprint density at radius 1 is 1.37 bits per heavy atom. The minimum absolute atomic E-state index is 0.0325. The Bertz CT molecular complexity index is 596. The normalized spacial score (nSPS) is 22.7. The number of fused-ring (bicyclic) bond motifs is 3. The van der Waals surface area contributed by atoms with Gasteiger partial charge in [-0.3, -0.25) is 0 Å². The summed E-state index contributed by atoms with van der Waals surface area (Å²) in [5.74, 6) is 0. The van der Waals surface area contributed by atoms with Gasteiger partial charge in [-0.25, -0.2) is 0 Å². The molecule has 0 aliphatic carbocycles. The number of rotatable bonds is 3. The van der Waals surface area contributed by atoms with Crippen LogP contribution in [0.4, 0.5) is 0 Å². The zero-order valence-electron chi connectivity index (χ0n) is 11.6. The molecule has 19 heavy (non-hydrogen) atoms. The minimum Gasteiger partial charge on any atom is -0.393 e. The van der Waals surface area contributed by atoms with Gasteiger partial charge < -0.3 is 14.8 Å². The molecule has 0 unspecified atom stereocenters. The van der Waals surface area contributed by atoms with Crippen molar-refractivity contribution < 1.29 is 9.84 Å². The van der Waals surface area contributed by atoms with Crippen LogP contribution in [0.15, 0.2) is 18.2 Å². The molecule has 3 nitrogen and oxygen atoms in total. The van der Waals surface area contributed by atoms with Crippen molar-refractivity contribution >= 4 is 10.9 Å². The van der Waals surface area contributed by atoms with Crippen molar-refractivity contribution in [3.8, 4) is 0 Å². The molecule has 0 amide bonds. The van der Waals surface area contributed by atoms with Gasteiger partial charge in [0.05, 0.1) is 18.9 Å². The van der Waals surface area contributed by atoms with Crippen LogP contribution in [-0.2, 0) is 23.2 Å². The first-order valence-corrected chi connectivity index (χ1v) is 7.13. The number of benzene rings is 1. The van der Waals surface area contributed by atoms with Gasteiger partial charge in [-0.05, 0) is 30.4 Å². The number of aromatic nitrogens is 1. The number of aromatic amines is 1. The van der Waals surface area contributed by atoms with Crippen LogP contribution < -0.4 is 0 Å². The standard InChI is InChI=1S/C16H21NO2/c1-3-11-6-5-7-12-13-8-9-19-16(4-2,10-18)15(13)17-14(11)12/h5-7,17-18H,3-4,8-10H2,1-2H3/t16-/m0/s1. The van der Waals surface area contributed by atoms with Gasteiger partial charge >= 0.3 is 0 Å². The lowest BCUT2D eigenvalue weighted by molar-refractivity contribution is -0.0983. The Morgan fingerprint density at radius 3 is 2.89 bits per heavy atom. The first-order valence-electron chi connectivity index (χ1n) is 7.13. The van der Waals surface area contributed by atoms with Crippen molar-refractivity contribution in [1.82, 2.24) is 4.98 Å². The highest BCUT2D eigenvalue weighted by Crippen LogP contribution is 2.39. The van der Waals surface area contributed by atoms with Crippen molar-refractivity contribution in [3.63, 3.8) is 0 Å². The van der Waals surface area contributed by atoms with Gasteiger partial charge in [-0.2, -0.15) is 0 Å². The van der Waals surface area contributed by atoms with Crippen LogP contribution in [-0.4, -0.2) is 23.3 Å². The van der Waals surface area contributed by atoms with E-state index in [4.69, 9.17) is 4.74 Å². The van der Waals surface area contributed by atoms with E-state index in [1.807, 2.05) is 0 Å². The van der Waals surface area contributed by atoms with Gasteiger partial charge in [-0.15, -0.1) is 0 Å². The maximum Gasteiger partial charge on any atom is 0.131 e. The highest BCUT2D eigenvalue weighted by atomic mass is 16.5. The van der Waals surface area contributed by atoms with Crippen molar-refractivity contribution in [2.24, 2.45) is 0 Å². The number of ether oxygens (including phenoxy) is 1. The van der Waals surface area contributed by atoms with Crippen LogP contribution in [0.1, 0.15) is 37.1 Å². The number of hydrogen-bond acceptors (Lipinski definition) is 2. The van der Waals surface area contributed by atoms with E-state index in [1.165, 1.54) is 22.0 Å². The van der Waals surface area contributed by atoms with Gasteiger partial charge in [-0.1, -0.05) is 32.0 Å². The summed E-state index contributed by atoms with van der Waals surface area (Å²) in [7, 11) is 0. The Labute approximate surface area is 113 Å². The van der Waals surface area contributed by atoms with Crippen molar-refractivity contribution in [2.45, 2.75) is 38.7 Å². The molecule has 0 fully saturated rings. The van der Waals surface area contributed by atoms with Crippen LogP contribution in [0, 0.1) is 0 Å². The molecule has 1 aliphatic heterocycles. The third kappa shape index (κ3) is 1.72. The number of hydrogen-bond donors (Lipinski definition) is 2. The molecule has 3 heteroatoms. The summed E-state index contributed by atoms with van der Waals surface area (Å²) in [6, 6.07) is 6.46. The van der Waals surface area contributed by atoms with E-state index in [9.17, 15) is 5.11 Å². The number of aliphatic hydroxyl groups excluding tert-OH is 1. The predicted molar refractivity (Wildman–Crippen MR) is 76.4 cm³/mol. The zero-order valence-corrected chi connectivity index (χ0v) is 11.6. The minimum atomic E-state index is -0.544. The summed E-state index contributed by atoms with van der Waals surface area (Å²) in [5, 5.41) is 11.1. The summed E-state index contributed by atoms with van der Waals surface area (Å²) in [4.78, 5) is 3.54. The fourth-order valence-electron chi connectivity index (χ4n) is 3.21. The highest BCUT2D eigenvalue weighted by molar-refractivity contribution is 5.88. The second-order valence-electron chi connectivity index (χ2n) is 5.28. The van der Waals surface area contributed by atoms with Crippen molar-refractivity contribution in [2.75, 3.05) is 13.2 Å². The third-order valence-electron chi connectivity index (χ3n) is 4.42. The Kier molecular flexibility index (Phi) is 3.11. The van der Waals surface area contributed by atoms with E-state index < -0.39 is 5.60 Å². The van der Waals surface area contributed by atoms with Gasteiger partial charge in [0.15, 0.2) is 0 Å². The summed E-state index contributed by atoms with van der Waals surface area (Å²) in [6.45, 7) is 4.96. The van der Waals surface area contributed by atoms with E-state index >= 15 is 0 Å². The lowest BCUT2D eigenvalue weighted by Crippen LogP contribution is -2.38. The molecule has 0 bridgehead atoms. The molecule has 3 rings (SSSR count). The first-order chi connectivity index (χ1) is 9.25. The molecule has 2 N–H and O–H groups in total. The third-order valence-corrected chi connectivity index (χ3v) is 4.42. The molecule has 0 saturated carbocycles. The predicted octanol–water partition coefficient (Wildman–Crippen LogP) is 2.90. The Balaban J connectivity index is 2.29. The summed E-state index contributed by atoms with van der Waals surface area (Å²) in [5.41, 5.74) is 4.41. The molecule has 1 aliphatic rings. The van der Waals surface area contributed by atoms with E-state index in [0.29, 0.717) is 6.61 Å². The van der Waals surface area contributed by atoms with E-state index in [-0.39, 0.29) is 6.61 Å². The SMILES string of the molecule is CCc1cccc2c3c([nH]c12)[C@](CC)(CO)OCC3. The van der Waals surface area contributed by atoms with E-state index in [2.05, 4.69) is 37.0 Å². The number of H-pyrrole nitrogens is 1. The molecule has 0 radical (unpaired) electrons. The van der Waals surface area contributed by atoms with Crippen LogP contribution >= 0.6 is 0 Å². The fourth-order valence-corrected chi connectivity index (χ4v) is 3.21. The average Bonchev–Trinajstić information content (AvgIpc) is 2.86. The lowest BCUT2D eigenvalue weighted by Gasteiger charge is -2.35. The molecule has 2 heterocycles. The quantitative estimate of drug-likeness (QED) is 0.890. The van der Waals surface area contributed by atoms with Crippen LogP contribution in [0.2, 0.25) is 0 Å². The van der Waals surface area contributed by atoms with Crippen molar-refractivity contribution in [1.29, 1.82) is 0 Å². The first kappa shape index (κ1) is 12.7. The molecule has 102 valence electrons. The maximum atomic E-state index is 9.79. The van der Waals surface area contributed by atoms with Crippen LogP contribution in [0.5, 0.6) is 0 Å². The molecular formula is C16H21NO2. The number of para-hydroxylation sites is 1. The topological polar surface area (TPSA) is 45.2 Å².